The Morgan fingerprint density at radius 3 is 2.70 bits per heavy atom. The summed E-state index contributed by atoms with van der Waals surface area (Å²) >= 11 is 0. The molecule has 2 aliphatic carbocycles. The number of sulfonamides is 1. The maximum absolute atomic E-state index is 14.3. The van der Waals surface area contributed by atoms with Crippen LogP contribution < -0.4 is 19.5 Å². The summed E-state index contributed by atoms with van der Waals surface area (Å²) in [6, 6.07) is 3.23. The monoisotopic (exact) mass is 670 g/mol. The quantitative estimate of drug-likeness (QED) is 0.421. The van der Waals surface area contributed by atoms with Gasteiger partial charge in [0.2, 0.25) is 27.7 Å². The van der Waals surface area contributed by atoms with E-state index in [2.05, 4.69) is 28.9 Å². The van der Waals surface area contributed by atoms with Gasteiger partial charge in [-0.2, -0.15) is 0 Å². The highest BCUT2D eigenvalue weighted by Crippen LogP contribution is 2.46. The predicted molar refractivity (Wildman–Crippen MR) is 172 cm³/mol. The van der Waals surface area contributed by atoms with Crippen molar-refractivity contribution in [3.63, 3.8) is 0 Å². The molecule has 254 valence electrons. The van der Waals surface area contributed by atoms with Crippen LogP contribution in [0.5, 0.6) is 11.6 Å². The molecule has 3 heterocycles. The van der Waals surface area contributed by atoms with Crippen LogP contribution in [0.2, 0.25) is 0 Å². The van der Waals surface area contributed by atoms with Crippen molar-refractivity contribution in [1.82, 2.24) is 19.9 Å². The number of ether oxygens (including phenoxy) is 2. The Morgan fingerprint density at radius 2 is 1.98 bits per heavy atom. The average Bonchev–Trinajstić information content (AvgIpc) is 3.96. The number of halogens is 1. The van der Waals surface area contributed by atoms with Crippen LogP contribution in [0.4, 0.5) is 4.39 Å². The number of hydrogen-bond acceptors (Lipinski definition) is 8. The van der Waals surface area contributed by atoms with E-state index in [1.807, 2.05) is 12.2 Å². The summed E-state index contributed by atoms with van der Waals surface area (Å²) in [6.07, 6.45) is 9.69. The molecule has 2 N–H and O–H groups in total. The fourth-order valence-electron chi connectivity index (χ4n) is 7.04. The van der Waals surface area contributed by atoms with Gasteiger partial charge < -0.3 is 19.7 Å². The van der Waals surface area contributed by atoms with Crippen molar-refractivity contribution in [3.8, 4) is 11.6 Å². The number of aromatic nitrogens is 1. The summed E-state index contributed by atoms with van der Waals surface area (Å²) < 4.78 is 53.6. The lowest BCUT2D eigenvalue weighted by Gasteiger charge is -2.28. The number of pyridine rings is 1. The predicted octanol–water partition coefficient (Wildman–Crippen LogP) is 4.01. The number of allylic oxidation sites excluding steroid dienone is 1. The van der Waals surface area contributed by atoms with E-state index in [4.69, 9.17) is 9.47 Å². The minimum Gasteiger partial charge on any atom is -0.494 e. The second-order valence-corrected chi connectivity index (χ2v) is 15.6. The number of rotatable bonds is 7. The third-order valence-electron chi connectivity index (χ3n) is 10.1. The number of nitrogens with one attached hydrogen (secondary N) is 2. The highest BCUT2D eigenvalue weighted by atomic mass is 32.2. The largest absolute Gasteiger partial charge is 0.494 e. The van der Waals surface area contributed by atoms with Crippen molar-refractivity contribution in [2.75, 3.05) is 13.7 Å². The molecule has 1 saturated heterocycles. The SMILES string of the molecule is CC[C@H]1CC(=O)N2C[C@H](Oc3ncc(OC)c4ccc(F)cc34)C[C@H]2C(=O)N[C@]2(C(=O)NS(=O)(=O)C3CC3)CC2/C=C\CC[C@@H](C)C1. The van der Waals surface area contributed by atoms with E-state index >= 15 is 0 Å². The molecule has 47 heavy (non-hydrogen) atoms. The van der Waals surface area contributed by atoms with Crippen LogP contribution in [-0.2, 0) is 24.4 Å². The normalized spacial score (nSPS) is 30.7. The van der Waals surface area contributed by atoms with Crippen LogP contribution in [0.3, 0.4) is 0 Å². The molecule has 2 saturated carbocycles. The van der Waals surface area contributed by atoms with Gasteiger partial charge in [-0.1, -0.05) is 32.4 Å². The minimum atomic E-state index is -3.84. The first-order valence-electron chi connectivity index (χ1n) is 16.6. The molecule has 0 radical (unpaired) electrons. The molecule has 0 bridgehead atoms. The number of methoxy groups -OCH3 is 1. The maximum atomic E-state index is 14.3. The molecule has 1 unspecified atom stereocenters. The summed E-state index contributed by atoms with van der Waals surface area (Å²) in [5, 5.41) is 3.28. The van der Waals surface area contributed by atoms with Gasteiger partial charge in [0.05, 0.1) is 30.5 Å². The molecular weight excluding hydrogens is 627 g/mol. The second-order valence-electron chi connectivity index (χ2n) is 13.6. The molecule has 0 spiro atoms. The average molecular weight is 671 g/mol. The van der Waals surface area contributed by atoms with Gasteiger partial charge in [0, 0.05) is 24.1 Å². The van der Waals surface area contributed by atoms with E-state index in [9.17, 15) is 27.2 Å². The number of amides is 3. The summed E-state index contributed by atoms with van der Waals surface area (Å²) in [5.74, 6) is -1.27. The summed E-state index contributed by atoms with van der Waals surface area (Å²) in [4.78, 5) is 47.4. The van der Waals surface area contributed by atoms with E-state index < -0.39 is 50.6 Å². The Labute approximate surface area is 274 Å². The van der Waals surface area contributed by atoms with Gasteiger partial charge in [-0.05, 0) is 68.6 Å². The smallest absolute Gasteiger partial charge is 0.259 e. The van der Waals surface area contributed by atoms with E-state index in [0.717, 1.165) is 25.7 Å². The van der Waals surface area contributed by atoms with Gasteiger partial charge in [-0.15, -0.1) is 0 Å². The van der Waals surface area contributed by atoms with Crippen molar-refractivity contribution in [1.29, 1.82) is 0 Å². The lowest BCUT2D eigenvalue weighted by molar-refractivity contribution is -0.140. The Morgan fingerprint density at radius 1 is 1.19 bits per heavy atom. The van der Waals surface area contributed by atoms with E-state index in [1.54, 1.807) is 6.07 Å². The first-order chi connectivity index (χ1) is 22.4. The van der Waals surface area contributed by atoms with Crippen molar-refractivity contribution < 1.29 is 36.7 Å². The Kier molecular flexibility index (Phi) is 9.21. The molecule has 2 aliphatic heterocycles. The third kappa shape index (κ3) is 6.95. The molecule has 4 aliphatic rings. The lowest BCUT2D eigenvalue weighted by Crippen LogP contribution is -2.56. The molecule has 1 aromatic heterocycles. The molecule has 3 fully saturated rings. The number of fused-ring (bicyclic) bond motifs is 3. The molecule has 11 nitrogen and oxygen atoms in total. The zero-order valence-electron chi connectivity index (χ0n) is 27.0. The number of nitrogens with zero attached hydrogens (tertiary/aromatic N) is 2. The molecular formula is C34H43FN4O7S. The molecule has 2 aromatic rings. The number of hydrogen-bond donors (Lipinski definition) is 2. The Balaban J connectivity index is 1.30. The van der Waals surface area contributed by atoms with Crippen LogP contribution in [0.25, 0.3) is 10.8 Å². The van der Waals surface area contributed by atoms with Crippen molar-refractivity contribution in [2.45, 2.75) is 94.6 Å². The number of carbonyl (C=O) groups is 3. The highest BCUT2D eigenvalue weighted by molar-refractivity contribution is 7.91. The summed E-state index contributed by atoms with van der Waals surface area (Å²) in [6.45, 7) is 4.31. The zero-order valence-corrected chi connectivity index (χ0v) is 27.9. The van der Waals surface area contributed by atoms with Crippen molar-refractivity contribution >= 4 is 38.5 Å². The molecule has 6 rings (SSSR count). The number of carbonyl (C=O) groups excluding carboxylic acids is 3. The van der Waals surface area contributed by atoms with Crippen LogP contribution in [0, 0.1) is 23.6 Å². The van der Waals surface area contributed by atoms with Crippen LogP contribution in [0.15, 0.2) is 36.5 Å². The van der Waals surface area contributed by atoms with E-state index in [-0.39, 0.29) is 49.4 Å². The standard InChI is InChI=1S/C34H43FN4O7S/c1-4-21-13-20(2)7-5-6-8-22-17-34(22,33(42)38-47(43,44)25-10-11-25)37-31(41)28-16-24(19-39(28)30(40)14-21)46-32-27-15-23(35)9-12-26(27)29(45-3)18-36-32/h6,8-9,12,15,18,20-22,24-25,28H,4-5,7,10-11,13-14,16-17,19H2,1-3H3,(H,37,41)(H,38,42)/b8-6-/t20-,21-,22?,24-,28+,34-/m1/s1. The molecule has 3 amide bonds. The van der Waals surface area contributed by atoms with E-state index in [1.165, 1.54) is 30.3 Å². The molecule has 13 heteroatoms. The maximum Gasteiger partial charge on any atom is 0.259 e. The Bertz CT molecular complexity index is 1700. The lowest BCUT2D eigenvalue weighted by atomic mass is 9.88. The van der Waals surface area contributed by atoms with Crippen molar-refractivity contribution in [3.05, 3.63) is 42.4 Å². The van der Waals surface area contributed by atoms with Gasteiger partial charge in [0.1, 0.15) is 29.3 Å². The minimum absolute atomic E-state index is 0.0893. The Hall–Kier alpha value is -3.74. The first-order valence-corrected chi connectivity index (χ1v) is 18.1. The fraction of sp³-hybridized carbons (Fsp3) is 0.588. The summed E-state index contributed by atoms with van der Waals surface area (Å²) in [7, 11) is -2.35. The van der Waals surface area contributed by atoms with Gasteiger partial charge in [0.15, 0.2) is 0 Å². The van der Waals surface area contributed by atoms with Crippen LogP contribution >= 0.6 is 0 Å². The van der Waals surface area contributed by atoms with Gasteiger partial charge in [0.25, 0.3) is 5.91 Å². The third-order valence-corrected chi connectivity index (χ3v) is 11.9. The first kappa shape index (κ1) is 33.2. The summed E-state index contributed by atoms with van der Waals surface area (Å²) in [5.41, 5.74) is -1.44. The highest BCUT2D eigenvalue weighted by Gasteiger charge is 2.62. The van der Waals surface area contributed by atoms with Gasteiger partial charge >= 0.3 is 0 Å². The van der Waals surface area contributed by atoms with Gasteiger partial charge in [-0.3, -0.25) is 19.1 Å². The van der Waals surface area contributed by atoms with Crippen LogP contribution in [-0.4, -0.2) is 72.6 Å². The van der Waals surface area contributed by atoms with Crippen molar-refractivity contribution in [2.24, 2.45) is 17.8 Å². The van der Waals surface area contributed by atoms with Gasteiger partial charge in [-0.25, -0.2) is 17.8 Å². The topological polar surface area (TPSA) is 144 Å². The molecule has 6 atom stereocenters. The number of benzene rings is 1. The van der Waals surface area contributed by atoms with E-state index in [0.29, 0.717) is 35.3 Å². The zero-order chi connectivity index (χ0) is 33.5. The second kappa shape index (κ2) is 13.0. The fourth-order valence-corrected chi connectivity index (χ4v) is 8.40. The van der Waals surface area contributed by atoms with Crippen LogP contribution in [0.1, 0.15) is 71.6 Å². The molecule has 1 aromatic carbocycles.